The number of aromatic nitrogens is 2. The highest BCUT2D eigenvalue weighted by molar-refractivity contribution is 6.35. The Bertz CT molecular complexity index is 511. The molecule has 82 valence electrons. The third-order valence-corrected chi connectivity index (χ3v) is 2.48. The van der Waals surface area contributed by atoms with Crippen molar-refractivity contribution in [2.24, 2.45) is 0 Å². The Hall–Kier alpha value is -1.52. The van der Waals surface area contributed by atoms with E-state index in [9.17, 15) is 4.79 Å². The van der Waals surface area contributed by atoms with E-state index >= 15 is 0 Å². The molecule has 0 atom stereocenters. The van der Waals surface area contributed by atoms with Crippen LogP contribution in [-0.2, 0) is 0 Å². The van der Waals surface area contributed by atoms with Crippen LogP contribution < -0.4 is 5.32 Å². The Morgan fingerprint density at radius 1 is 1.38 bits per heavy atom. The molecule has 0 aliphatic heterocycles. The van der Waals surface area contributed by atoms with Gasteiger partial charge in [-0.2, -0.15) is 0 Å². The zero-order valence-corrected chi connectivity index (χ0v) is 9.51. The van der Waals surface area contributed by atoms with Crippen LogP contribution in [0.5, 0.6) is 0 Å². The van der Waals surface area contributed by atoms with E-state index in [0.717, 1.165) is 0 Å². The first kappa shape index (κ1) is 11.0. The molecule has 1 heterocycles. The van der Waals surface area contributed by atoms with E-state index in [1.165, 1.54) is 12.5 Å². The lowest BCUT2D eigenvalue weighted by atomic mass is 10.3. The predicted octanol–water partition coefficient (Wildman–Crippen LogP) is 2.97. The fourth-order valence-corrected chi connectivity index (χ4v) is 1.50. The second-order valence-electron chi connectivity index (χ2n) is 3.04. The van der Waals surface area contributed by atoms with Crippen LogP contribution >= 0.6 is 23.2 Å². The minimum absolute atomic E-state index is 0.318. The van der Waals surface area contributed by atoms with E-state index < -0.39 is 0 Å². The van der Waals surface area contributed by atoms with Crippen molar-refractivity contribution in [1.29, 1.82) is 0 Å². The molecule has 0 unspecified atom stereocenters. The lowest BCUT2D eigenvalue weighted by Crippen LogP contribution is -2.12. The molecule has 1 amide bonds. The zero-order chi connectivity index (χ0) is 11.5. The van der Waals surface area contributed by atoms with Gasteiger partial charge in [-0.25, -0.2) is 4.98 Å². The van der Waals surface area contributed by atoms with E-state index in [0.29, 0.717) is 21.4 Å². The highest BCUT2D eigenvalue weighted by atomic mass is 35.5. The van der Waals surface area contributed by atoms with Gasteiger partial charge in [-0.15, -0.1) is 0 Å². The molecule has 1 aromatic carbocycles. The van der Waals surface area contributed by atoms with Crippen LogP contribution in [0.2, 0.25) is 10.0 Å². The molecule has 0 radical (unpaired) electrons. The summed E-state index contributed by atoms with van der Waals surface area (Å²) in [6.07, 6.45) is 2.85. The van der Waals surface area contributed by atoms with E-state index in [-0.39, 0.29) is 5.91 Å². The first-order chi connectivity index (χ1) is 7.66. The molecule has 0 aliphatic rings. The van der Waals surface area contributed by atoms with Gasteiger partial charge in [0.05, 0.1) is 23.2 Å². The van der Waals surface area contributed by atoms with Crippen LogP contribution in [0.3, 0.4) is 0 Å². The Balaban J connectivity index is 2.21. The molecule has 0 aliphatic carbocycles. The number of halogens is 2. The molecule has 0 saturated heterocycles. The van der Waals surface area contributed by atoms with Gasteiger partial charge >= 0.3 is 0 Å². The minimum Gasteiger partial charge on any atom is -0.341 e. The van der Waals surface area contributed by atoms with Crippen molar-refractivity contribution < 1.29 is 4.79 Å². The molecule has 0 bridgehead atoms. The maximum absolute atomic E-state index is 11.7. The number of carbonyl (C=O) groups is 1. The largest absolute Gasteiger partial charge is 0.341 e. The van der Waals surface area contributed by atoms with E-state index in [4.69, 9.17) is 23.2 Å². The van der Waals surface area contributed by atoms with Gasteiger partial charge in [-0.1, -0.05) is 23.2 Å². The number of H-pyrrole nitrogens is 1. The molecular formula is C10H7Cl2N3O. The van der Waals surface area contributed by atoms with Gasteiger partial charge < -0.3 is 10.3 Å². The standard InChI is InChI=1S/C10H7Cl2N3O/c11-6-1-2-7(12)8(3-6)15-10(16)9-4-13-5-14-9/h1-5H,(H,13,14)(H,15,16). The van der Waals surface area contributed by atoms with Crippen molar-refractivity contribution in [3.05, 3.63) is 46.5 Å². The lowest BCUT2D eigenvalue weighted by molar-refractivity contribution is 0.102. The summed E-state index contributed by atoms with van der Waals surface area (Å²) in [5, 5.41) is 3.56. The summed E-state index contributed by atoms with van der Waals surface area (Å²) in [5.74, 6) is -0.318. The van der Waals surface area contributed by atoms with Crippen molar-refractivity contribution in [1.82, 2.24) is 9.97 Å². The Labute approximate surface area is 102 Å². The number of aromatic amines is 1. The molecule has 2 rings (SSSR count). The second kappa shape index (κ2) is 4.55. The number of rotatable bonds is 2. The van der Waals surface area contributed by atoms with E-state index in [1.54, 1.807) is 18.2 Å². The summed E-state index contributed by atoms with van der Waals surface area (Å²) in [4.78, 5) is 18.1. The van der Waals surface area contributed by atoms with Gasteiger partial charge in [0.15, 0.2) is 0 Å². The first-order valence-corrected chi connectivity index (χ1v) is 5.17. The van der Waals surface area contributed by atoms with Gasteiger partial charge in [0.1, 0.15) is 5.69 Å². The monoisotopic (exact) mass is 255 g/mol. The summed E-state index contributed by atoms with van der Waals surface area (Å²) >= 11 is 11.7. The van der Waals surface area contributed by atoms with Crippen molar-refractivity contribution in [3.63, 3.8) is 0 Å². The highest BCUT2D eigenvalue weighted by Crippen LogP contribution is 2.25. The van der Waals surface area contributed by atoms with Crippen molar-refractivity contribution >= 4 is 34.8 Å². The van der Waals surface area contributed by atoms with Crippen LogP contribution in [-0.4, -0.2) is 15.9 Å². The number of hydrogen-bond acceptors (Lipinski definition) is 2. The SMILES string of the molecule is O=C(Nc1cc(Cl)ccc1Cl)c1cnc[nH]1. The molecule has 0 spiro atoms. The number of amides is 1. The zero-order valence-electron chi connectivity index (χ0n) is 8.00. The molecule has 0 fully saturated rings. The topological polar surface area (TPSA) is 57.8 Å². The molecule has 4 nitrogen and oxygen atoms in total. The van der Waals surface area contributed by atoms with Crippen LogP contribution in [0.25, 0.3) is 0 Å². The molecule has 1 aromatic heterocycles. The first-order valence-electron chi connectivity index (χ1n) is 4.41. The minimum atomic E-state index is -0.318. The molecule has 0 saturated carbocycles. The van der Waals surface area contributed by atoms with Crippen molar-refractivity contribution in [3.8, 4) is 0 Å². The third-order valence-electron chi connectivity index (χ3n) is 1.92. The third kappa shape index (κ3) is 2.35. The van der Waals surface area contributed by atoms with Crippen LogP contribution in [0.4, 0.5) is 5.69 Å². The van der Waals surface area contributed by atoms with Crippen LogP contribution in [0, 0.1) is 0 Å². The summed E-state index contributed by atoms with van der Waals surface area (Å²) < 4.78 is 0. The van der Waals surface area contributed by atoms with Gasteiger partial charge in [-0.3, -0.25) is 4.79 Å². The number of imidazole rings is 1. The van der Waals surface area contributed by atoms with Crippen LogP contribution in [0.15, 0.2) is 30.7 Å². The Morgan fingerprint density at radius 2 is 2.19 bits per heavy atom. The predicted molar refractivity (Wildman–Crippen MR) is 63.0 cm³/mol. The van der Waals surface area contributed by atoms with E-state index in [1.807, 2.05) is 0 Å². The lowest BCUT2D eigenvalue weighted by Gasteiger charge is -2.05. The smallest absolute Gasteiger partial charge is 0.273 e. The van der Waals surface area contributed by atoms with Crippen molar-refractivity contribution in [2.45, 2.75) is 0 Å². The molecule has 2 aromatic rings. The van der Waals surface area contributed by atoms with Gasteiger partial charge in [0, 0.05) is 5.02 Å². The van der Waals surface area contributed by atoms with Crippen molar-refractivity contribution in [2.75, 3.05) is 5.32 Å². The van der Waals surface area contributed by atoms with Crippen LogP contribution in [0.1, 0.15) is 10.5 Å². The maximum Gasteiger partial charge on any atom is 0.273 e. The van der Waals surface area contributed by atoms with Gasteiger partial charge in [0.2, 0.25) is 0 Å². The summed E-state index contributed by atoms with van der Waals surface area (Å²) in [5.41, 5.74) is 0.824. The Kier molecular flexibility index (Phi) is 3.12. The number of nitrogens with zero attached hydrogens (tertiary/aromatic N) is 1. The second-order valence-corrected chi connectivity index (χ2v) is 3.89. The number of anilines is 1. The maximum atomic E-state index is 11.7. The molecule has 6 heteroatoms. The average molecular weight is 256 g/mol. The summed E-state index contributed by atoms with van der Waals surface area (Å²) in [6, 6.07) is 4.85. The fraction of sp³-hybridized carbons (Fsp3) is 0. The van der Waals surface area contributed by atoms with Gasteiger partial charge in [0.25, 0.3) is 5.91 Å². The van der Waals surface area contributed by atoms with Gasteiger partial charge in [-0.05, 0) is 18.2 Å². The van der Waals surface area contributed by atoms with E-state index in [2.05, 4.69) is 15.3 Å². The molecule has 2 N–H and O–H groups in total. The number of benzene rings is 1. The molecule has 16 heavy (non-hydrogen) atoms. The number of nitrogens with one attached hydrogen (secondary N) is 2. The highest BCUT2D eigenvalue weighted by Gasteiger charge is 2.09. The fourth-order valence-electron chi connectivity index (χ4n) is 1.16. The average Bonchev–Trinajstić information content (AvgIpc) is 2.76. The molecular weight excluding hydrogens is 249 g/mol. The normalized spacial score (nSPS) is 10.1. The number of hydrogen-bond donors (Lipinski definition) is 2. The quantitative estimate of drug-likeness (QED) is 0.867. The summed E-state index contributed by atoms with van der Waals surface area (Å²) in [6.45, 7) is 0. The summed E-state index contributed by atoms with van der Waals surface area (Å²) in [7, 11) is 0. The Morgan fingerprint density at radius 3 is 2.88 bits per heavy atom. The number of carbonyl (C=O) groups excluding carboxylic acids is 1.